The lowest BCUT2D eigenvalue weighted by Gasteiger charge is -2.41. The molecule has 1 aromatic carbocycles. The number of nitrogens with zero attached hydrogens (tertiary/aromatic N) is 2. The van der Waals surface area contributed by atoms with Crippen molar-refractivity contribution in [1.82, 2.24) is 4.31 Å². The van der Waals surface area contributed by atoms with Crippen LogP contribution in [-0.2, 0) is 14.8 Å². The zero-order chi connectivity index (χ0) is 17.4. The zero-order valence-electron chi connectivity index (χ0n) is 14.5. The van der Waals surface area contributed by atoms with Crippen LogP contribution in [0.25, 0.3) is 0 Å². The lowest BCUT2D eigenvalue weighted by molar-refractivity contribution is -0.116. The number of nitrogens with two attached hydrogens (primary N) is 1. The molecule has 24 heavy (non-hydrogen) atoms. The van der Waals surface area contributed by atoms with Crippen molar-refractivity contribution in [2.45, 2.75) is 38.1 Å². The van der Waals surface area contributed by atoms with Gasteiger partial charge in [0, 0.05) is 38.8 Å². The predicted octanol–water partition coefficient (Wildman–Crippen LogP) is 1.84. The molecular formula is C16H26ClN3O3S. The Balaban J connectivity index is 0.00000288. The summed E-state index contributed by atoms with van der Waals surface area (Å²) < 4.78 is 27.1. The molecular weight excluding hydrogens is 350 g/mol. The molecule has 0 spiro atoms. The molecule has 2 N–H and O–H groups in total. The Labute approximate surface area is 150 Å². The van der Waals surface area contributed by atoms with E-state index >= 15 is 0 Å². The molecule has 2 rings (SSSR count). The summed E-state index contributed by atoms with van der Waals surface area (Å²) in [5.74, 6) is -0.104. The van der Waals surface area contributed by atoms with Gasteiger partial charge in [-0.15, -0.1) is 12.4 Å². The second kappa shape index (κ2) is 7.39. The maximum absolute atomic E-state index is 12.8. The van der Waals surface area contributed by atoms with E-state index < -0.39 is 10.0 Å². The number of halogens is 1. The molecule has 0 saturated carbocycles. The Morgan fingerprint density at radius 3 is 2.29 bits per heavy atom. The molecule has 1 unspecified atom stereocenters. The summed E-state index contributed by atoms with van der Waals surface area (Å²) in [6, 6.07) is 6.39. The summed E-state index contributed by atoms with van der Waals surface area (Å²) in [6.07, 6.45) is 0.650. The minimum absolute atomic E-state index is 0. The number of carbonyl (C=O) groups excluding carboxylic acids is 1. The number of amides is 1. The molecule has 1 heterocycles. The number of anilines is 1. The van der Waals surface area contributed by atoms with E-state index in [4.69, 9.17) is 5.73 Å². The van der Waals surface area contributed by atoms with Crippen LogP contribution < -0.4 is 10.6 Å². The first-order chi connectivity index (χ1) is 10.6. The summed E-state index contributed by atoms with van der Waals surface area (Å²) >= 11 is 0. The van der Waals surface area contributed by atoms with Crippen LogP contribution in [0.15, 0.2) is 29.2 Å². The fourth-order valence-corrected chi connectivity index (χ4v) is 4.33. The quantitative estimate of drug-likeness (QED) is 0.873. The van der Waals surface area contributed by atoms with E-state index in [0.29, 0.717) is 25.2 Å². The van der Waals surface area contributed by atoms with Crippen molar-refractivity contribution in [2.75, 3.05) is 25.0 Å². The van der Waals surface area contributed by atoms with Crippen LogP contribution >= 0.6 is 12.4 Å². The van der Waals surface area contributed by atoms with E-state index in [1.807, 2.05) is 13.8 Å². The Kier molecular flexibility index (Phi) is 6.43. The largest absolute Gasteiger partial charge is 0.327 e. The highest BCUT2D eigenvalue weighted by atomic mass is 35.5. The van der Waals surface area contributed by atoms with Crippen molar-refractivity contribution in [2.24, 2.45) is 11.1 Å². The molecule has 0 bridgehead atoms. The Bertz CT molecular complexity index is 689. The summed E-state index contributed by atoms with van der Waals surface area (Å²) in [7, 11) is -1.89. The molecule has 1 aromatic rings. The van der Waals surface area contributed by atoms with Gasteiger partial charge in [-0.25, -0.2) is 8.42 Å². The molecule has 1 amide bonds. The normalized spacial score (nSPS) is 21.0. The minimum Gasteiger partial charge on any atom is -0.327 e. The van der Waals surface area contributed by atoms with Crippen molar-refractivity contribution < 1.29 is 13.2 Å². The molecule has 1 atom stereocenters. The number of piperidine rings is 1. The van der Waals surface area contributed by atoms with Gasteiger partial charge in [0.2, 0.25) is 15.9 Å². The molecule has 1 saturated heterocycles. The third kappa shape index (κ3) is 4.08. The van der Waals surface area contributed by atoms with Gasteiger partial charge in [-0.1, -0.05) is 13.8 Å². The highest BCUT2D eigenvalue weighted by molar-refractivity contribution is 7.89. The van der Waals surface area contributed by atoms with Crippen LogP contribution in [0.5, 0.6) is 0 Å². The summed E-state index contributed by atoms with van der Waals surface area (Å²) in [5, 5.41) is 0. The topological polar surface area (TPSA) is 83.7 Å². The average Bonchev–Trinajstić information content (AvgIpc) is 2.49. The van der Waals surface area contributed by atoms with Crippen molar-refractivity contribution >= 4 is 34.0 Å². The maximum atomic E-state index is 12.8. The Morgan fingerprint density at radius 2 is 1.83 bits per heavy atom. The first-order valence-corrected chi connectivity index (χ1v) is 9.10. The standard InChI is InChI=1S/C16H25N3O3S.ClH/c1-12(20)18(4)13-5-7-14(8-6-13)23(21,22)19-10-9-15(17)16(2,3)11-19;/h5-8,15H,9-11,17H2,1-4H3;1H. The van der Waals surface area contributed by atoms with Gasteiger partial charge in [0.15, 0.2) is 0 Å². The van der Waals surface area contributed by atoms with Crippen molar-refractivity contribution in [3.8, 4) is 0 Å². The second-order valence-corrected chi connectivity index (χ2v) is 8.73. The zero-order valence-corrected chi connectivity index (χ0v) is 16.2. The third-order valence-corrected chi connectivity index (χ3v) is 6.47. The molecule has 1 aliphatic rings. The van der Waals surface area contributed by atoms with Crippen LogP contribution in [0.2, 0.25) is 0 Å². The number of rotatable bonds is 3. The van der Waals surface area contributed by atoms with E-state index in [2.05, 4.69) is 0 Å². The van der Waals surface area contributed by atoms with Gasteiger partial charge in [0.25, 0.3) is 0 Å². The monoisotopic (exact) mass is 375 g/mol. The lowest BCUT2D eigenvalue weighted by Crippen LogP contribution is -2.53. The van der Waals surface area contributed by atoms with Crippen LogP contribution in [0.1, 0.15) is 27.2 Å². The SMILES string of the molecule is CC(=O)N(C)c1ccc(S(=O)(=O)N2CCC(N)C(C)(C)C2)cc1.Cl. The number of hydrogen-bond donors (Lipinski definition) is 1. The van der Waals surface area contributed by atoms with Crippen molar-refractivity contribution in [3.63, 3.8) is 0 Å². The molecule has 0 aliphatic carbocycles. The lowest BCUT2D eigenvalue weighted by atomic mass is 9.81. The van der Waals surface area contributed by atoms with E-state index in [9.17, 15) is 13.2 Å². The first kappa shape index (κ1) is 20.9. The van der Waals surface area contributed by atoms with Gasteiger partial charge < -0.3 is 10.6 Å². The van der Waals surface area contributed by atoms with Gasteiger partial charge in [-0.05, 0) is 36.1 Å². The number of carbonyl (C=O) groups is 1. The van der Waals surface area contributed by atoms with E-state index in [0.717, 1.165) is 0 Å². The number of hydrogen-bond acceptors (Lipinski definition) is 4. The highest BCUT2D eigenvalue weighted by Gasteiger charge is 2.38. The molecule has 136 valence electrons. The molecule has 0 radical (unpaired) electrons. The molecule has 0 aromatic heterocycles. The smallest absolute Gasteiger partial charge is 0.243 e. The van der Waals surface area contributed by atoms with E-state index in [-0.39, 0.29) is 34.7 Å². The number of sulfonamides is 1. The van der Waals surface area contributed by atoms with Crippen LogP contribution in [0, 0.1) is 5.41 Å². The highest BCUT2D eigenvalue weighted by Crippen LogP contribution is 2.31. The summed E-state index contributed by atoms with van der Waals surface area (Å²) in [6.45, 7) is 6.28. The molecule has 8 heteroatoms. The van der Waals surface area contributed by atoms with Crippen molar-refractivity contribution in [3.05, 3.63) is 24.3 Å². The molecule has 6 nitrogen and oxygen atoms in total. The minimum atomic E-state index is -3.54. The maximum Gasteiger partial charge on any atom is 0.243 e. The molecule has 1 aliphatic heterocycles. The van der Waals surface area contributed by atoms with Crippen LogP contribution in [-0.4, -0.2) is 44.8 Å². The fraction of sp³-hybridized carbons (Fsp3) is 0.562. The summed E-state index contributed by atoms with van der Waals surface area (Å²) in [4.78, 5) is 13.1. The van der Waals surface area contributed by atoms with Gasteiger partial charge in [0.05, 0.1) is 4.90 Å². The van der Waals surface area contributed by atoms with E-state index in [1.54, 1.807) is 31.3 Å². The van der Waals surface area contributed by atoms with E-state index in [1.165, 1.54) is 16.1 Å². The van der Waals surface area contributed by atoms with Gasteiger partial charge in [-0.3, -0.25) is 4.79 Å². The van der Waals surface area contributed by atoms with Crippen LogP contribution in [0.4, 0.5) is 5.69 Å². The summed E-state index contributed by atoms with van der Waals surface area (Å²) in [5.41, 5.74) is 6.49. The Hall–Kier alpha value is -1.15. The van der Waals surface area contributed by atoms with Gasteiger partial charge >= 0.3 is 0 Å². The third-order valence-electron chi connectivity index (χ3n) is 4.61. The predicted molar refractivity (Wildman–Crippen MR) is 97.9 cm³/mol. The number of benzene rings is 1. The van der Waals surface area contributed by atoms with Crippen molar-refractivity contribution in [1.29, 1.82) is 0 Å². The average molecular weight is 376 g/mol. The van der Waals surface area contributed by atoms with Gasteiger partial charge in [-0.2, -0.15) is 4.31 Å². The van der Waals surface area contributed by atoms with Gasteiger partial charge in [0.1, 0.15) is 0 Å². The van der Waals surface area contributed by atoms with Crippen LogP contribution in [0.3, 0.4) is 0 Å². The molecule has 1 fully saturated rings. The fourth-order valence-electron chi connectivity index (χ4n) is 2.70. The second-order valence-electron chi connectivity index (χ2n) is 6.79. The Morgan fingerprint density at radius 1 is 1.29 bits per heavy atom. The first-order valence-electron chi connectivity index (χ1n) is 7.66.